The summed E-state index contributed by atoms with van der Waals surface area (Å²) in [7, 11) is 1.36. The van der Waals surface area contributed by atoms with Crippen LogP contribution < -0.4 is 5.73 Å². The Morgan fingerprint density at radius 1 is 1.58 bits per heavy atom. The smallest absolute Gasteiger partial charge is 0.322 e. The predicted molar refractivity (Wildman–Crippen MR) is 51.3 cm³/mol. The number of methoxy groups -OCH3 is 1. The van der Waals surface area contributed by atoms with E-state index in [1.165, 1.54) is 7.11 Å². The highest BCUT2D eigenvalue weighted by Gasteiger charge is 2.15. The van der Waals surface area contributed by atoms with E-state index in [0.717, 1.165) is 6.42 Å². The molecular weight excluding hydrogens is 178 g/mol. The average molecular weight is 196 g/mol. The van der Waals surface area contributed by atoms with E-state index in [1.807, 2.05) is 0 Å². The number of hydrogen-bond acceptors (Lipinski definition) is 3. The molecule has 0 unspecified atom stereocenters. The predicted octanol–water partition coefficient (Wildman–Crippen LogP) is 1.34. The van der Waals surface area contributed by atoms with Gasteiger partial charge in [0.2, 0.25) is 0 Å². The molecule has 0 fully saturated rings. The minimum absolute atomic E-state index is 0. The second-order valence-electron chi connectivity index (χ2n) is 2.88. The fraction of sp³-hybridized carbons (Fsp3) is 0.875. The lowest BCUT2D eigenvalue weighted by molar-refractivity contribution is -0.142. The molecule has 0 saturated carbocycles. The maximum atomic E-state index is 10.8. The summed E-state index contributed by atoms with van der Waals surface area (Å²) in [6.07, 6.45) is 1.76. The molecule has 0 amide bonds. The molecular formula is C8H18ClNO2. The highest BCUT2D eigenvalue weighted by atomic mass is 35.5. The molecule has 0 rings (SSSR count). The van der Waals surface area contributed by atoms with Gasteiger partial charge in [0, 0.05) is 0 Å². The minimum Gasteiger partial charge on any atom is -0.468 e. The third-order valence-corrected chi connectivity index (χ3v) is 1.86. The molecule has 0 aromatic heterocycles. The molecule has 0 spiro atoms. The van der Waals surface area contributed by atoms with Gasteiger partial charge in [-0.15, -0.1) is 12.4 Å². The highest BCUT2D eigenvalue weighted by Crippen LogP contribution is 2.08. The zero-order valence-electron chi connectivity index (χ0n) is 7.87. The first-order valence-electron chi connectivity index (χ1n) is 3.95. The largest absolute Gasteiger partial charge is 0.468 e. The van der Waals surface area contributed by atoms with Gasteiger partial charge in [0.15, 0.2) is 0 Å². The number of rotatable bonds is 4. The fourth-order valence-electron chi connectivity index (χ4n) is 0.848. The van der Waals surface area contributed by atoms with Crippen molar-refractivity contribution in [2.45, 2.75) is 32.7 Å². The summed E-state index contributed by atoms with van der Waals surface area (Å²) in [6, 6.07) is -0.449. The van der Waals surface area contributed by atoms with E-state index in [0.29, 0.717) is 12.3 Å². The standard InChI is InChI=1S/C8H17NO2.ClH/c1-4-6(2)5-7(9)8(10)11-3;/h6-7H,4-5,9H2,1-3H3;1H/t6-,7-;/m1./s1. The lowest BCUT2D eigenvalue weighted by Gasteiger charge is -2.12. The molecule has 2 atom stereocenters. The molecule has 0 saturated heterocycles. The van der Waals surface area contributed by atoms with Crippen LogP contribution in [-0.2, 0) is 9.53 Å². The second kappa shape index (κ2) is 7.37. The minimum atomic E-state index is -0.449. The maximum Gasteiger partial charge on any atom is 0.322 e. The van der Waals surface area contributed by atoms with Crippen LogP contribution in [0.15, 0.2) is 0 Å². The van der Waals surface area contributed by atoms with Crippen molar-refractivity contribution in [2.24, 2.45) is 11.7 Å². The topological polar surface area (TPSA) is 52.3 Å². The quantitative estimate of drug-likeness (QED) is 0.689. The Labute approximate surface area is 80.1 Å². The summed E-state index contributed by atoms with van der Waals surface area (Å²) in [5, 5.41) is 0. The monoisotopic (exact) mass is 195 g/mol. The van der Waals surface area contributed by atoms with E-state index in [9.17, 15) is 4.79 Å². The van der Waals surface area contributed by atoms with Crippen molar-refractivity contribution in [3.63, 3.8) is 0 Å². The molecule has 3 nitrogen and oxygen atoms in total. The molecule has 2 N–H and O–H groups in total. The molecule has 0 aliphatic carbocycles. The van der Waals surface area contributed by atoms with Gasteiger partial charge in [-0.05, 0) is 12.3 Å². The fourth-order valence-corrected chi connectivity index (χ4v) is 0.848. The van der Waals surface area contributed by atoms with Gasteiger partial charge in [0.1, 0.15) is 6.04 Å². The first kappa shape index (κ1) is 14.3. The van der Waals surface area contributed by atoms with E-state index >= 15 is 0 Å². The van der Waals surface area contributed by atoms with E-state index in [-0.39, 0.29) is 18.4 Å². The van der Waals surface area contributed by atoms with Crippen LogP contribution in [0.2, 0.25) is 0 Å². The van der Waals surface area contributed by atoms with Crippen LogP contribution in [-0.4, -0.2) is 19.1 Å². The molecule has 0 aromatic carbocycles. The normalized spacial score (nSPS) is 14.3. The molecule has 4 heteroatoms. The first-order chi connectivity index (χ1) is 5.11. The number of halogens is 1. The number of hydrogen-bond donors (Lipinski definition) is 1. The van der Waals surface area contributed by atoms with Gasteiger partial charge in [0.25, 0.3) is 0 Å². The van der Waals surface area contributed by atoms with Gasteiger partial charge in [-0.2, -0.15) is 0 Å². The van der Waals surface area contributed by atoms with Crippen molar-refractivity contribution < 1.29 is 9.53 Å². The van der Waals surface area contributed by atoms with Gasteiger partial charge < -0.3 is 10.5 Å². The molecule has 0 radical (unpaired) electrons. The number of carbonyl (C=O) groups is 1. The summed E-state index contributed by atoms with van der Waals surface area (Å²) in [6.45, 7) is 4.15. The van der Waals surface area contributed by atoms with Crippen molar-refractivity contribution >= 4 is 18.4 Å². The Hall–Kier alpha value is -0.280. The summed E-state index contributed by atoms with van der Waals surface area (Å²) in [5.41, 5.74) is 5.53. The van der Waals surface area contributed by atoms with Gasteiger partial charge in [-0.25, -0.2) is 0 Å². The van der Waals surface area contributed by atoms with E-state index < -0.39 is 6.04 Å². The van der Waals surface area contributed by atoms with E-state index in [2.05, 4.69) is 18.6 Å². The third-order valence-electron chi connectivity index (χ3n) is 1.86. The van der Waals surface area contributed by atoms with Gasteiger partial charge in [0.05, 0.1) is 7.11 Å². The van der Waals surface area contributed by atoms with Crippen LogP contribution in [0.3, 0.4) is 0 Å². The lowest BCUT2D eigenvalue weighted by atomic mass is 10.0. The average Bonchev–Trinajstić information content (AvgIpc) is 2.02. The Morgan fingerprint density at radius 2 is 2.08 bits per heavy atom. The Morgan fingerprint density at radius 3 is 2.42 bits per heavy atom. The zero-order chi connectivity index (χ0) is 8.85. The first-order valence-corrected chi connectivity index (χ1v) is 3.95. The molecule has 0 aromatic rings. The Bertz CT molecular complexity index is 130. The molecule has 74 valence electrons. The van der Waals surface area contributed by atoms with E-state index in [4.69, 9.17) is 5.73 Å². The van der Waals surface area contributed by atoms with Gasteiger partial charge >= 0.3 is 5.97 Å². The van der Waals surface area contributed by atoms with Crippen LogP contribution in [0.4, 0.5) is 0 Å². The highest BCUT2D eigenvalue weighted by molar-refractivity contribution is 5.85. The number of ether oxygens (including phenoxy) is 1. The molecule has 12 heavy (non-hydrogen) atoms. The molecule has 0 aliphatic rings. The van der Waals surface area contributed by atoms with E-state index in [1.54, 1.807) is 0 Å². The SMILES string of the molecule is CC[C@@H](C)C[C@@H](N)C(=O)OC.Cl. The molecule has 0 heterocycles. The van der Waals surface area contributed by atoms with Crippen LogP contribution in [0, 0.1) is 5.92 Å². The van der Waals surface area contributed by atoms with Gasteiger partial charge in [-0.3, -0.25) is 4.79 Å². The zero-order valence-corrected chi connectivity index (χ0v) is 8.69. The van der Waals surface area contributed by atoms with Crippen molar-refractivity contribution in [1.82, 2.24) is 0 Å². The van der Waals surface area contributed by atoms with Gasteiger partial charge in [-0.1, -0.05) is 20.3 Å². The third kappa shape index (κ3) is 5.38. The summed E-state index contributed by atoms with van der Waals surface area (Å²) in [5.74, 6) is 0.175. The van der Waals surface area contributed by atoms with Crippen molar-refractivity contribution in [3.8, 4) is 0 Å². The van der Waals surface area contributed by atoms with Crippen molar-refractivity contribution in [2.75, 3.05) is 7.11 Å². The summed E-state index contributed by atoms with van der Waals surface area (Å²) < 4.78 is 4.49. The molecule has 0 aliphatic heterocycles. The van der Waals surface area contributed by atoms with Crippen LogP contribution >= 0.6 is 12.4 Å². The maximum absolute atomic E-state index is 10.8. The summed E-state index contributed by atoms with van der Waals surface area (Å²) >= 11 is 0. The lowest BCUT2D eigenvalue weighted by Crippen LogP contribution is -2.33. The Kier molecular flexibility index (Phi) is 8.76. The Balaban J connectivity index is 0. The second-order valence-corrected chi connectivity index (χ2v) is 2.88. The van der Waals surface area contributed by atoms with Crippen LogP contribution in [0.5, 0.6) is 0 Å². The number of esters is 1. The number of carbonyl (C=O) groups excluding carboxylic acids is 1. The van der Waals surface area contributed by atoms with Crippen molar-refractivity contribution in [3.05, 3.63) is 0 Å². The summed E-state index contributed by atoms with van der Waals surface area (Å²) in [4.78, 5) is 10.8. The molecule has 0 bridgehead atoms. The van der Waals surface area contributed by atoms with Crippen LogP contribution in [0.1, 0.15) is 26.7 Å². The van der Waals surface area contributed by atoms with Crippen LogP contribution in [0.25, 0.3) is 0 Å². The van der Waals surface area contributed by atoms with Crippen molar-refractivity contribution in [1.29, 1.82) is 0 Å². The number of nitrogens with two attached hydrogens (primary N) is 1.